The summed E-state index contributed by atoms with van der Waals surface area (Å²) in [6.45, 7) is 14.7. The highest BCUT2D eigenvalue weighted by Crippen LogP contribution is 2.43. The molecule has 1 aromatic rings. The van der Waals surface area contributed by atoms with Crippen molar-refractivity contribution in [1.82, 2.24) is 5.32 Å². The fourth-order valence-electron chi connectivity index (χ4n) is 3.57. The Balaban J connectivity index is 2.35. The number of nitrogens with one attached hydrogen (secondary N) is 1. The lowest BCUT2D eigenvalue weighted by molar-refractivity contribution is 0.376. The van der Waals surface area contributed by atoms with Crippen LogP contribution in [0.5, 0.6) is 0 Å². The van der Waals surface area contributed by atoms with Crippen LogP contribution in [0.15, 0.2) is 18.2 Å². The highest BCUT2D eigenvalue weighted by atomic mass is 15.2. The first kappa shape index (κ1) is 15.4. The Morgan fingerprint density at radius 2 is 2.05 bits per heavy atom. The lowest BCUT2D eigenvalue weighted by atomic mass is 9.79. The summed E-state index contributed by atoms with van der Waals surface area (Å²) in [5.41, 5.74) is 4.67. The molecule has 0 fully saturated rings. The first-order valence-electron chi connectivity index (χ1n) is 8.10. The molecule has 0 spiro atoms. The van der Waals surface area contributed by atoms with E-state index >= 15 is 0 Å². The van der Waals surface area contributed by atoms with Gasteiger partial charge in [0, 0.05) is 24.3 Å². The number of hydrogen-bond donors (Lipinski definition) is 1. The van der Waals surface area contributed by atoms with Crippen LogP contribution in [-0.2, 0) is 6.54 Å². The van der Waals surface area contributed by atoms with Gasteiger partial charge < -0.3 is 10.2 Å². The van der Waals surface area contributed by atoms with E-state index in [1.165, 1.54) is 29.7 Å². The molecule has 1 aromatic carbocycles. The monoisotopic (exact) mass is 274 g/mol. The number of hydrogen-bond acceptors (Lipinski definition) is 2. The maximum absolute atomic E-state index is 3.43. The molecule has 0 saturated heterocycles. The minimum absolute atomic E-state index is 0.269. The van der Waals surface area contributed by atoms with Crippen LogP contribution in [0.3, 0.4) is 0 Å². The zero-order valence-corrected chi connectivity index (χ0v) is 13.8. The summed E-state index contributed by atoms with van der Waals surface area (Å²) in [4.78, 5) is 2.61. The molecule has 2 nitrogen and oxygen atoms in total. The van der Waals surface area contributed by atoms with Crippen LogP contribution < -0.4 is 10.2 Å². The third kappa shape index (κ3) is 3.01. The predicted octanol–water partition coefficient (Wildman–Crippen LogP) is 4.30. The summed E-state index contributed by atoms with van der Waals surface area (Å²) in [6.07, 6.45) is 2.45. The van der Waals surface area contributed by atoms with E-state index in [9.17, 15) is 0 Å². The minimum atomic E-state index is 0.269. The summed E-state index contributed by atoms with van der Waals surface area (Å²) < 4.78 is 0. The van der Waals surface area contributed by atoms with E-state index < -0.39 is 0 Å². The van der Waals surface area contributed by atoms with Crippen molar-refractivity contribution in [3.63, 3.8) is 0 Å². The Labute approximate surface area is 124 Å². The van der Waals surface area contributed by atoms with Crippen LogP contribution in [-0.4, -0.2) is 18.6 Å². The van der Waals surface area contributed by atoms with Gasteiger partial charge in [0.2, 0.25) is 0 Å². The molecule has 1 unspecified atom stereocenters. The molecular formula is C18H30N2. The van der Waals surface area contributed by atoms with Gasteiger partial charge in [0.15, 0.2) is 0 Å². The van der Waals surface area contributed by atoms with Crippen molar-refractivity contribution in [2.75, 3.05) is 18.0 Å². The summed E-state index contributed by atoms with van der Waals surface area (Å²) in [7, 11) is 0. The number of fused-ring (bicyclic) bond motifs is 1. The van der Waals surface area contributed by atoms with E-state index in [4.69, 9.17) is 0 Å². The molecule has 2 heteroatoms. The van der Waals surface area contributed by atoms with Gasteiger partial charge in [-0.3, -0.25) is 0 Å². The van der Waals surface area contributed by atoms with Crippen molar-refractivity contribution in [3.8, 4) is 0 Å². The lowest BCUT2D eigenvalue weighted by Crippen LogP contribution is -2.48. The van der Waals surface area contributed by atoms with Gasteiger partial charge in [-0.1, -0.05) is 32.9 Å². The van der Waals surface area contributed by atoms with Crippen LogP contribution in [0.25, 0.3) is 0 Å². The highest BCUT2D eigenvalue weighted by molar-refractivity contribution is 5.60. The first-order chi connectivity index (χ1) is 9.49. The quantitative estimate of drug-likeness (QED) is 0.861. The summed E-state index contributed by atoms with van der Waals surface area (Å²) in [5.74, 6) is 0.648. The molecule has 1 aliphatic heterocycles. The zero-order chi connectivity index (χ0) is 14.8. The molecule has 2 rings (SSSR count). The third-order valence-electron chi connectivity index (χ3n) is 4.48. The molecule has 0 saturated carbocycles. The lowest BCUT2D eigenvalue weighted by Gasteiger charge is -2.47. The summed E-state index contributed by atoms with van der Waals surface area (Å²) in [5, 5.41) is 3.43. The zero-order valence-electron chi connectivity index (χ0n) is 13.8. The first-order valence-corrected chi connectivity index (χ1v) is 8.10. The van der Waals surface area contributed by atoms with Crippen molar-refractivity contribution in [2.24, 2.45) is 0 Å². The average Bonchev–Trinajstić information content (AvgIpc) is 2.40. The van der Waals surface area contributed by atoms with Crippen molar-refractivity contribution < 1.29 is 0 Å². The largest absolute Gasteiger partial charge is 0.366 e. The number of benzene rings is 1. The molecule has 1 atom stereocenters. The molecule has 0 radical (unpaired) electrons. The Hall–Kier alpha value is -1.02. The molecule has 1 heterocycles. The van der Waals surface area contributed by atoms with E-state index in [0.29, 0.717) is 5.92 Å². The molecular weight excluding hydrogens is 244 g/mol. The number of anilines is 1. The van der Waals surface area contributed by atoms with E-state index in [2.05, 4.69) is 63.0 Å². The van der Waals surface area contributed by atoms with Gasteiger partial charge in [-0.2, -0.15) is 0 Å². The fraction of sp³-hybridized carbons (Fsp3) is 0.667. The smallest absolute Gasteiger partial charge is 0.0406 e. The van der Waals surface area contributed by atoms with Gasteiger partial charge in [0.25, 0.3) is 0 Å². The molecule has 0 amide bonds. The predicted molar refractivity (Wildman–Crippen MR) is 88.6 cm³/mol. The molecule has 1 N–H and O–H groups in total. The number of nitrogens with zero attached hydrogens (tertiary/aromatic N) is 1. The second-order valence-electron chi connectivity index (χ2n) is 6.74. The van der Waals surface area contributed by atoms with Crippen molar-refractivity contribution in [3.05, 3.63) is 29.3 Å². The average molecular weight is 274 g/mol. The summed E-state index contributed by atoms with van der Waals surface area (Å²) >= 11 is 0. The van der Waals surface area contributed by atoms with Crippen LogP contribution in [0, 0.1) is 0 Å². The van der Waals surface area contributed by atoms with Crippen LogP contribution in [0.2, 0.25) is 0 Å². The maximum atomic E-state index is 3.43. The van der Waals surface area contributed by atoms with Gasteiger partial charge in [-0.25, -0.2) is 0 Å². The molecule has 20 heavy (non-hydrogen) atoms. The van der Waals surface area contributed by atoms with Crippen LogP contribution >= 0.6 is 0 Å². The van der Waals surface area contributed by atoms with Gasteiger partial charge in [0.05, 0.1) is 0 Å². The van der Waals surface area contributed by atoms with Crippen LogP contribution in [0.4, 0.5) is 5.69 Å². The van der Waals surface area contributed by atoms with Gasteiger partial charge in [-0.05, 0) is 56.3 Å². The second kappa shape index (κ2) is 6.17. The van der Waals surface area contributed by atoms with Crippen molar-refractivity contribution in [1.29, 1.82) is 0 Å². The third-order valence-corrected chi connectivity index (χ3v) is 4.48. The van der Waals surface area contributed by atoms with Crippen LogP contribution in [0.1, 0.15) is 64.5 Å². The van der Waals surface area contributed by atoms with E-state index in [1.54, 1.807) is 0 Å². The molecule has 1 aliphatic rings. The topological polar surface area (TPSA) is 15.3 Å². The molecule has 0 aliphatic carbocycles. The van der Waals surface area contributed by atoms with E-state index in [-0.39, 0.29) is 5.54 Å². The Morgan fingerprint density at radius 3 is 2.70 bits per heavy atom. The van der Waals surface area contributed by atoms with Crippen molar-refractivity contribution >= 4 is 5.69 Å². The molecule has 112 valence electrons. The van der Waals surface area contributed by atoms with E-state index in [0.717, 1.165) is 19.6 Å². The Morgan fingerprint density at radius 1 is 1.30 bits per heavy atom. The fourth-order valence-corrected chi connectivity index (χ4v) is 3.57. The summed E-state index contributed by atoms with van der Waals surface area (Å²) in [6, 6.07) is 7.05. The Kier molecular flexibility index (Phi) is 4.74. The molecule has 0 aromatic heterocycles. The van der Waals surface area contributed by atoms with Gasteiger partial charge in [-0.15, -0.1) is 0 Å². The second-order valence-corrected chi connectivity index (χ2v) is 6.74. The Bertz CT molecular complexity index is 451. The molecule has 0 bridgehead atoms. The standard InChI is InChI=1S/C18H30N2/c1-6-10-20-17-9-8-15(13-19-7-2)11-16(17)14(3)12-18(20,4)5/h8-9,11,14,19H,6-7,10,12-13H2,1-5H3. The maximum Gasteiger partial charge on any atom is 0.0406 e. The van der Waals surface area contributed by atoms with E-state index in [1.807, 2.05) is 0 Å². The minimum Gasteiger partial charge on any atom is -0.366 e. The van der Waals surface area contributed by atoms with Gasteiger partial charge in [0.1, 0.15) is 0 Å². The van der Waals surface area contributed by atoms with Gasteiger partial charge >= 0.3 is 0 Å². The SMILES string of the molecule is CCCN1c2ccc(CNCC)cc2C(C)CC1(C)C. The highest BCUT2D eigenvalue weighted by Gasteiger charge is 2.35. The normalized spacial score (nSPS) is 20.9. The van der Waals surface area contributed by atoms with Crippen molar-refractivity contribution in [2.45, 2.75) is 65.5 Å². The number of rotatable bonds is 5.